The molecule has 0 heterocycles. The Hall–Kier alpha value is -1.03. The molecular formula is C11H13F3O. The summed E-state index contributed by atoms with van der Waals surface area (Å²) in [6.45, 7) is 4.17. The lowest BCUT2D eigenvalue weighted by Crippen LogP contribution is -2.06. The largest absolute Gasteiger partial charge is 0.416 e. The standard InChI is InChI=1S/C11H13F3O/c1-3-15-7-9-4-8(2)5-10(6-9)11(12,13)14/h4-6H,3,7H2,1-2H3. The first-order valence-corrected chi connectivity index (χ1v) is 4.69. The molecule has 0 aliphatic heterocycles. The fourth-order valence-corrected chi connectivity index (χ4v) is 1.33. The van der Waals surface area contributed by atoms with Gasteiger partial charge in [0, 0.05) is 6.61 Å². The smallest absolute Gasteiger partial charge is 0.377 e. The lowest BCUT2D eigenvalue weighted by atomic mass is 10.1. The Kier molecular flexibility index (Phi) is 3.74. The van der Waals surface area contributed by atoms with Gasteiger partial charge in [0.15, 0.2) is 0 Å². The van der Waals surface area contributed by atoms with Crippen LogP contribution in [0.3, 0.4) is 0 Å². The van der Waals surface area contributed by atoms with Gasteiger partial charge in [0.2, 0.25) is 0 Å². The van der Waals surface area contributed by atoms with E-state index in [2.05, 4.69) is 0 Å². The van der Waals surface area contributed by atoms with Crippen LogP contribution in [0, 0.1) is 6.92 Å². The maximum absolute atomic E-state index is 12.4. The van der Waals surface area contributed by atoms with Crippen LogP contribution in [0.2, 0.25) is 0 Å². The van der Waals surface area contributed by atoms with Crippen molar-refractivity contribution in [2.75, 3.05) is 6.61 Å². The minimum atomic E-state index is -4.28. The van der Waals surface area contributed by atoms with Crippen molar-refractivity contribution in [3.05, 3.63) is 34.9 Å². The Balaban J connectivity index is 2.95. The minimum Gasteiger partial charge on any atom is -0.377 e. The van der Waals surface area contributed by atoms with Crippen molar-refractivity contribution < 1.29 is 17.9 Å². The van der Waals surface area contributed by atoms with E-state index < -0.39 is 11.7 Å². The lowest BCUT2D eigenvalue weighted by Gasteiger charge is -2.10. The first-order valence-electron chi connectivity index (χ1n) is 4.69. The van der Waals surface area contributed by atoms with Crippen molar-refractivity contribution in [3.8, 4) is 0 Å². The molecule has 0 fully saturated rings. The van der Waals surface area contributed by atoms with Crippen LogP contribution < -0.4 is 0 Å². The van der Waals surface area contributed by atoms with E-state index in [0.717, 1.165) is 12.1 Å². The average Bonchev–Trinajstić information content (AvgIpc) is 2.12. The van der Waals surface area contributed by atoms with Gasteiger partial charge in [-0.25, -0.2) is 0 Å². The summed E-state index contributed by atoms with van der Waals surface area (Å²) in [6.07, 6.45) is -4.28. The van der Waals surface area contributed by atoms with E-state index in [4.69, 9.17) is 4.74 Å². The predicted octanol–water partition coefficient (Wildman–Crippen LogP) is 3.55. The van der Waals surface area contributed by atoms with E-state index in [1.54, 1.807) is 19.9 Å². The second kappa shape index (κ2) is 4.66. The topological polar surface area (TPSA) is 9.23 Å². The molecule has 0 bridgehead atoms. The van der Waals surface area contributed by atoms with Crippen molar-refractivity contribution in [2.24, 2.45) is 0 Å². The number of ether oxygens (including phenoxy) is 1. The normalized spacial score (nSPS) is 11.8. The van der Waals surface area contributed by atoms with E-state index in [0.29, 0.717) is 17.7 Å². The number of hydrogen-bond acceptors (Lipinski definition) is 1. The first kappa shape index (κ1) is 12.0. The summed E-state index contributed by atoms with van der Waals surface area (Å²) in [4.78, 5) is 0. The molecule has 0 radical (unpaired) electrons. The third-order valence-corrected chi connectivity index (χ3v) is 1.94. The van der Waals surface area contributed by atoms with Gasteiger partial charge < -0.3 is 4.74 Å². The number of rotatable bonds is 3. The molecule has 0 aromatic heterocycles. The molecular weight excluding hydrogens is 205 g/mol. The quantitative estimate of drug-likeness (QED) is 0.753. The SMILES string of the molecule is CCOCc1cc(C)cc(C(F)(F)F)c1. The molecule has 1 nitrogen and oxygen atoms in total. The van der Waals surface area contributed by atoms with Gasteiger partial charge in [0.1, 0.15) is 0 Å². The molecule has 0 saturated heterocycles. The van der Waals surface area contributed by atoms with Crippen LogP contribution in [0.15, 0.2) is 18.2 Å². The highest BCUT2D eigenvalue weighted by Crippen LogP contribution is 2.30. The van der Waals surface area contributed by atoms with Gasteiger partial charge in [0.25, 0.3) is 0 Å². The molecule has 0 N–H and O–H groups in total. The number of alkyl halides is 3. The van der Waals surface area contributed by atoms with Gasteiger partial charge in [-0.1, -0.05) is 11.6 Å². The molecule has 0 unspecified atom stereocenters. The van der Waals surface area contributed by atoms with Gasteiger partial charge in [-0.15, -0.1) is 0 Å². The molecule has 1 aromatic rings. The second-order valence-corrected chi connectivity index (χ2v) is 3.34. The molecule has 1 aromatic carbocycles. The fraction of sp³-hybridized carbons (Fsp3) is 0.455. The third-order valence-electron chi connectivity index (χ3n) is 1.94. The average molecular weight is 218 g/mol. The van der Waals surface area contributed by atoms with Crippen molar-refractivity contribution in [2.45, 2.75) is 26.6 Å². The van der Waals surface area contributed by atoms with Crippen molar-refractivity contribution >= 4 is 0 Å². The van der Waals surface area contributed by atoms with Crippen LogP contribution in [0.5, 0.6) is 0 Å². The van der Waals surface area contributed by atoms with Crippen LogP contribution in [-0.4, -0.2) is 6.61 Å². The number of hydrogen-bond donors (Lipinski definition) is 0. The van der Waals surface area contributed by atoms with Crippen molar-refractivity contribution in [1.82, 2.24) is 0 Å². The van der Waals surface area contributed by atoms with Crippen LogP contribution >= 0.6 is 0 Å². The van der Waals surface area contributed by atoms with Gasteiger partial charge in [0.05, 0.1) is 12.2 Å². The molecule has 0 aliphatic carbocycles. The monoisotopic (exact) mass is 218 g/mol. The lowest BCUT2D eigenvalue weighted by molar-refractivity contribution is -0.137. The Morgan fingerprint density at radius 3 is 2.40 bits per heavy atom. The molecule has 0 saturated carbocycles. The summed E-state index contributed by atoms with van der Waals surface area (Å²) in [7, 11) is 0. The maximum atomic E-state index is 12.4. The zero-order chi connectivity index (χ0) is 11.5. The van der Waals surface area contributed by atoms with E-state index in [-0.39, 0.29) is 6.61 Å². The van der Waals surface area contributed by atoms with E-state index in [9.17, 15) is 13.2 Å². The van der Waals surface area contributed by atoms with Crippen LogP contribution in [0.4, 0.5) is 13.2 Å². The summed E-state index contributed by atoms with van der Waals surface area (Å²) in [5, 5.41) is 0. The van der Waals surface area contributed by atoms with Gasteiger partial charge in [-0.05, 0) is 31.5 Å². The summed E-state index contributed by atoms with van der Waals surface area (Å²) >= 11 is 0. The van der Waals surface area contributed by atoms with Gasteiger partial charge >= 0.3 is 6.18 Å². The summed E-state index contributed by atoms with van der Waals surface area (Å²) in [5.74, 6) is 0. The summed E-state index contributed by atoms with van der Waals surface area (Å²) < 4.78 is 42.4. The molecule has 0 atom stereocenters. The Bertz CT molecular complexity index is 331. The molecule has 0 aliphatic rings. The van der Waals surface area contributed by atoms with E-state index >= 15 is 0 Å². The highest BCUT2D eigenvalue weighted by atomic mass is 19.4. The highest BCUT2D eigenvalue weighted by Gasteiger charge is 2.30. The van der Waals surface area contributed by atoms with Crippen molar-refractivity contribution in [1.29, 1.82) is 0 Å². The van der Waals surface area contributed by atoms with E-state index in [1.807, 2.05) is 0 Å². The van der Waals surface area contributed by atoms with Crippen LogP contribution in [0.25, 0.3) is 0 Å². The van der Waals surface area contributed by atoms with Gasteiger partial charge in [-0.3, -0.25) is 0 Å². The zero-order valence-electron chi connectivity index (χ0n) is 8.69. The molecule has 4 heteroatoms. The summed E-state index contributed by atoms with van der Waals surface area (Å²) in [5.41, 5.74) is 0.543. The molecule has 1 rings (SSSR count). The van der Waals surface area contributed by atoms with Crippen molar-refractivity contribution in [3.63, 3.8) is 0 Å². The van der Waals surface area contributed by atoms with Crippen LogP contribution in [0.1, 0.15) is 23.6 Å². The molecule has 0 amide bonds. The minimum absolute atomic E-state index is 0.223. The zero-order valence-corrected chi connectivity index (χ0v) is 8.69. The molecule has 15 heavy (non-hydrogen) atoms. The molecule has 0 spiro atoms. The predicted molar refractivity (Wildman–Crippen MR) is 51.5 cm³/mol. The molecule has 84 valence electrons. The Labute approximate surface area is 86.9 Å². The number of benzene rings is 1. The Morgan fingerprint density at radius 1 is 1.20 bits per heavy atom. The third kappa shape index (κ3) is 3.55. The maximum Gasteiger partial charge on any atom is 0.416 e. The number of halogens is 3. The summed E-state index contributed by atoms with van der Waals surface area (Å²) in [6, 6.07) is 3.96. The van der Waals surface area contributed by atoms with Gasteiger partial charge in [-0.2, -0.15) is 13.2 Å². The fourth-order valence-electron chi connectivity index (χ4n) is 1.33. The second-order valence-electron chi connectivity index (χ2n) is 3.34. The highest BCUT2D eigenvalue weighted by molar-refractivity contribution is 5.30. The number of aryl methyl sites for hydroxylation is 1. The Morgan fingerprint density at radius 2 is 1.87 bits per heavy atom. The van der Waals surface area contributed by atoms with E-state index in [1.165, 1.54) is 0 Å². The van der Waals surface area contributed by atoms with Crippen LogP contribution in [-0.2, 0) is 17.5 Å². The first-order chi connectivity index (χ1) is 6.93.